The molecule has 3 heterocycles. The maximum atomic E-state index is 11.7. The number of amides is 1. The van der Waals surface area contributed by atoms with Gasteiger partial charge in [-0.2, -0.15) is 4.98 Å². The first kappa shape index (κ1) is 15.6. The first-order valence-electron chi connectivity index (χ1n) is 7.50. The third-order valence-electron chi connectivity index (χ3n) is 3.39. The maximum Gasteiger partial charge on any atom is 0.246 e. The number of ether oxygens (including phenoxy) is 2. The Kier molecular flexibility index (Phi) is 5.28. The summed E-state index contributed by atoms with van der Waals surface area (Å²) in [5.41, 5.74) is 0.758. The van der Waals surface area contributed by atoms with Gasteiger partial charge in [0.05, 0.1) is 19.3 Å². The van der Waals surface area contributed by atoms with Crippen molar-refractivity contribution in [3.63, 3.8) is 0 Å². The summed E-state index contributed by atoms with van der Waals surface area (Å²) in [5, 5.41) is 6.53. The molecule has 0 aliphatic carbocycles. The summed E-state index contributed by atoms with van der Waals surface area (Å²) in [7, 11) is 0. The van der Waals surface area contributed by atoms with Crippen LogP contribution in [-0.4, -0.2) is 47.0 Å². The minimum Gasteiger partial charge on any atom is -0.376 e. The Morgan fingerprint density at radius 1 is 1.48 bits per heavy atom. The lowest BCUT2D eigenvalue weighted by atomic mass is 10.2. The molecule has 122 valence electrons. The van der Waals surface area contributed by atoms with Gasteiger partial charge in [-0.3, -0.25) is 9.78 Å². The van der Waals surface area contributed by atoms with Crippen molar-refractivity contribution in [3.05, 3.63) is 30.4 Å². The second-order valence-electron chi connectivity index (χ2n) is 5.18. The molecule has 1 saturated heterocycles. The molecule has 1 unspecified atom stereocenters. The molecule has 23 heavy (non-hydrogen) atoms. The molecule has 2 aromatic rings. The number of rotatable bonds is 7. The van der Waals surface area contributed by atoms with E-state index >= 15 is 0 Å². The fourth-order valence-corrected chi connectivity index (χ4v) is 2.22. The lowest BCUT2D eigenvalue weighted by Crippen LogP contribution is -2.28. The molecule has 1 aliphatic heterocycles. The highest BCUT2D eigenvalue weighted by Crippen LogP contribution is 2.13. The number of hydrogen-bond donors (Lipinski definition) is 1. The van der Waals surface area contributed by atoms with Crippen LogP contribution < -0.4 is 5.32 Å². The molecule has 8 heteroatoms. The van der Waals surface area contributed by atoms with E-state index in [9.17, 15) is 4.79 Å². The molecule has 0 radical (unpaired) electrons. The lowest BCUT2D eigenvalue weighted by molar-refractivity contribution is -0.127. The molecular formula is C15H18N4O4. The van der Waals surface area contributed by atoms with Crippen LogP contribution >= 0.6 is 0 Å². The molecule has 1 N–H and O–H groups in total. The summed E-state index contributed by atoms with van der Waals surface area (Å²) in [6, 6.07) is 3.62. The van der Waals surface area contributed by atoms with E-state index in [2.05, 4.69) is 20.4 Å². The van der Waals surface area contributed by atoms with Crippen LogP contribution in [0.25, 0.3) is 11.4 Å². The summed E-state index contributed by atoms with van der Waals surface area (Å²) in [4.78, 5) is 19.9. The average molecular weight is 318 g/mol. The smallest absolute Gasteiger partial charge is 0.246 e. The van der Waals surface area contributed by atoms with Crippen molar-refractivity contribution in [2.24, 2.45) is 0 Å². The highest BCUT2D eigenvalue weighted by molar-refractivity contribution is 5.77. The molecule has 8 nitrogen and oxygen atoms in total. The van der Waals surface area contributed by atoms with Gasteiger partial charge in [0, 0.05) is 24.6 Å². The molecule has 3 rings (SSSR count). The monoisotopic (exact) mass is 318 g/mol. The summed E-state index contributed by atoms with van der Waals surface area (Å²) < 4.78 is 15.8. The lowest BCUT2D eigenvalue weighted by Gasteiger charge is -2.09. The normalized spacial score (nSPS) is 17.3. The van der Waals surface area contributed by atoms with Crippen molar-refractivity contribution in [1.82, 2.24) is 20.4 Å². The third-order valence-corrected chi connectivity index (χ3v) is 3.39. The second kappa shape index (κ2) is 7.80. The van der Waals surface area contributed by atoms with E-state index in [1.54, 1.807) is 18.5 Å². The van der Waals surface area contributed by atoms with Gasteiger partial charge in [-0.05, 0) is 25.0 Å². The molecule has 0 spiro atoms. The number of hydrogen-bond acceptors (Lipinski definition) is 7. The second-order valence-corrected chi connectivity index (χ2v) is 5.18. The van der Waals surface area contributed by atoms with E-state index in [4.69, 9.17) is 14.0 Å². The SMILES string of the molecule is O=C(COCC1CCCO1)NCc1nc(-c2cccnc2)no1. The van der Waals surface area contributed by atoms with Gasteiger partial charge in [0.15, 0.2) is 0 Å². The Morgan fingerprint density at radius 3 is 3.22 bits per heavy atom. The van der Waals surface area contributed by atoms with Crippen LogP contribution in [0.2, 0.25) is 0 Å². The number of carbonyl (C=O) groups is 1. The van der Waals surface area contributed by atoms with Crippen LogP contribution in [0, 0.1) is 0 Å². The Bertz CT molecular complexity index is 625. The van der Waals surface area contributed by atoms with Gasteiger partial charge in [-0.15, -0.1) is 0 Å². The van der Waals surface area contributed by atoms with E-state index in [1.807, 2.05) is 6.07 Å². The van der Waals surface area contributed by atoms with Gasteiger partial charge >= 0.3 is 0 Å². The van der Waals surface area contributed by atoms with Crippen LogP contribution in [0.5, 0.6) is 0 Å². The van der Waals surface area contributed by atoms with Gasteiger partial charge in [0.25, 0.3) is 0 Å². The summed E-state index contributed by atoms with van der Waals surface area (Å²) >= 11 is 0. The van der Waals surface area contributed by atoms with Crippen LogP contribution in [-0.2, 0) is 20.8 Å². The summed E-state index contributed by atoms with van der Waals surface area (Å²) in [5.74, 6) is 0.539. The third kappa shape index (κ3) is 4.57. The van der Waals surface area contributed by atoms with Crippen molar-refractivity contribution < 1.29 is 18.8 Å². The van der Waals surface area contributed by atoms with E-state index in [-0.39, 0.29) is 25.2 Å². The minimum atomic E-state index is -0.232. The largest absolute Gasteiger partial charge is 0.376 e. The first-order chi connectivity index (χ1) is 11.3. The first-order valence-corrected chi connectivity index (χ1v) is 7.50. The predicted molar refractivity (Wildman–Crippen MR) is 79.2 cm³/mol. The quantitative estimate of drug-likeness (QED) is 0.811. The Hall–Kier alpha value is -2.32. The van der Waals surface area contributed by atoms with E-state index < -0.39 is 0 Å². The van der Waals surface area contributed by atoms with Gasteiger partial charge in [0.1, 0.15) is 6.61 Å². The van der Waals surface area contributed by atoms with Crippen LogP contribution in [0.4, 0.5) is 0 Å². The molecule has 0 aromatic carbocycles. The molecule has 1 amide bonds. The highest BCUT2D eigenvalue weighted by Gasteiger charge is 2.16. The van der Waals surface area contributed by atoms with Crippen molar-refractivity contribution in [2.45, 2.75) is 25.5 Å². The summed E-state index contributed by atoms with van der Waals surface area (Å²) in [6.45, 7) is 1.37. The molecule has 1 fully saturated rings. The molecular weight excluding hydrogens is 300 g/mol. The Labute approximate surface area is 133 Å². The van der Waals surface area contributed by atoms with E-state index in [1.165, 1.54) is 0 Å². The topological polar surface area (TPSA) is 99.4 Å². The van der Waals surface area contributed by atoms with E-state index in [0.717, 1.165) is 25.0 Å². The number of nitrogens with zero attached hydrogens (tertiary/aromatic N) is 3. The zero-order valence-corrected chi connectivity index (χ0v) is 12.6. The predicted octanol–water partition coefficient (Wildman–Crippen LogP) is 0.943. The van der Waals surface area contributed by atoms with Crippen LogP contribution in [0.15, 0.2) is 29.0 Å². The van der Waals surface area contributed by atoms with E-state index in [0.29, 0.717) is 18.3 Å². The van der Waals surface area contributed by atoms with Crippen molar-refractivity contribution in [3.8, 4) is 11.4 Å². The van der Waals surface area contributed by atoms with Crippen LogP contribution in [0.3, 0.4) is 0 Å². The molecule has 0 saturated carbocycles. The molecule has 1 atom stereocenters. The van der Waals surface area contributed by atoms with Crippen LogP contribution in [0.1, 0.15) is 18.7 Å². The Balaban J connectivity index is 1.40. The van der Waals surface area contributed by atoms with Crippen molar-refractivity contribution in [1.29, 1.82) is 0 Å². The number of aromatic nitrogens is 3. The number of carbonyl (C=O) groups excluding carboxylic acids is 1. The highest BCUT2D eigenvalue weighted by atomic mass is 16.5. The fourth-order valence-electron chi connectivity index (χ4n) is 2.22. The molecule has 1 aliphatic rings. The maximum absolute atomic E-state index is 11.7. The van der Waals surface area contributed by atoms with Crippen molar-refractivity contribution in [2.75, 3.05) is 19.8 Å². The Morgan fingerprint density at radius 2 is 2.43 bits per heavy atom. The zero-order chi connectivity index (χ0) is 15.9. The van der Waals surface area contributed by atoms with Gasteiger partial charge in [-0.1, -0.05) is 5.16 Å². The average Bonchev–Trinajstić information content (AvgIpc) is 3.25. The fraction of sp³-hybridized carbons (Fsp3) is 0.467. The van der Waals surface area contributed by atoms with Crippen molar-refractivity contribution >= 4 is 5.91 Å². The zero-order valence-electron chi connectivity index (χ0n) is 12.6. The standard InChI is InChI=1S/C15H18N4O4/c20-13(10-21-9-12-4-2-6-22-12)17-8-14-18-15(19-23-14)11-3-1-5-16-7-11/h1,3,5,7,12H,2,4,6,8-10H2,(H,17,20). The molecule has 0 bridgehead atoms. The minimum absolute atomic E-state index is 0.0105. The summed E-state index contributed by atoms with van der Waals surface area (Å²) in [6.07, 6.45) is 5.46. The van der Waals surface area contributed by atoms with Gasteiger partial charge < -0.3 is 19.3 Å². The number of nitrogens with one attached hydrogen (secondary N) is 1. The van der Waals surface area contributed by atoms with Gasteiger partial charge in [0.2, 0.25) is 17.6 Å². The van der Waals surface area contributed by atoms with Gasteiger partial charge in [-0.25, -0.2) is 0 Å². The number of pyridine rings is 1. The molecule has 2 aromatic heterocycles.